The second kappa shape index (κ2) is 9.73. The summed E-state index contributed by atoms with van der Waals surface area (Å²) in [6, 6.07) is 19.3. The smallest absolute Gasteiger partial charge is 0.336 e. The fraction of sp³-hybridized carbons (Fsp3) is 0.250. The molecule has 0 aromatic heterocycles. The minimum absolute atomic E-state index is 0.259. The van der Waals surface area contributed by atoms with Gasteiger partial charge >= 0.3 is 11.9 Å². The van der Waals surface area contributed by atoms with E-state index in [0.29, 0.717) is 17.7 Å². The van der Waals surface area contributed by atoms with Gasteiger partial charge in [0, 0.05) is 18.9 Å². The van der Waals surface area contributed by atoms with Gasteiger partial charge in [-0.25, -0.2) is 9.59 Å². The molecule has 1 heterocycles. The van der Waals surface area contributed by atoms with E-state index in [-0.39, 0.29) is 13.2 Å². The number of ether oxygens (including phenoxy) is 2. The zero-order valence-electron chi connectivity index (χ0n) is 16.7. The highest BCUT2D eigenvalue weighted by Crippen LogP contribution is 2.37. The van der Waals surface area contributed by atoms with E-state index < -0.39 is 17.9 Å². The minimum atomic E-state index is -0.540. The maximum absolute atomic E-state index is 12.8. The van der Waals surface area contributed by atoms with E-state index in [1.165, 1.54) is 0 Å². The molecule has 2 aromatic rings. The maximum atomic E-state index is 12.8. The van der Waals surface area contributed by atoms with Crippen LogP contribution in [-0.2, 0) is 25.6 Å². The van der Waals surface area contributed by atoms with Crippen molar-refractivity contribution in [3.05, 3.63) is 95.3 Å². The molecule has 0 spiro atoms. The zero-order chi connectivity index (χ0) is 20.6. The molecular formula is C24H25NO4. The number of rotatable bonds is 7. The second-order valence-electron chi connectivity index (χ2n) is 6.61. The van der Waals surface area contributed by atoms with Crippen LogP contribution in [0.3, 0.4) is 0 Å². The molecule has 0 unspecified atom stereocenters. The first-order valence-corrected chi connectivity index (χ1v) is 9.76. The van der Waals surface area contributed by atoms with Gasteiger partial charge < -0.3 is 14.4 Å². The standard InChI is InChI=1S/C24H25NO4/c1-3-28-23(26)20-16-25(15-18-11-7-5-8-12-18)17-21(24(27)29-4-2)22(20)19-13-9-6-10-14-19/h5-14,16-17,22H,3-4,15H2,1-2H3. The highest BCUT2D eigenvalue weighted by atomic mass is 16.5. The molecule has 0 bridgehead atoms. The first kappa shape index (κ1) is 20.4. The average Bonchev–Trinajstić information content (AvgIpc) is 2.75. The summed E-state index contributed by atoms with van der Waals surface area (Å²) in [5.74, 6) is -1.41. The normalized spacial score (nSPS) is 14.1. The Morgan fingerprint density at radius 2 is 1.28 bits per heavy atom. The predicted octanol–water partition coefficient (Wildman–Crippen LogP) is 4.18. The third-order valence-electron chi connectivity index (χ3n) is 4.59. The summed E-state index contributed by atoms with van der Waals surface area (Å²) in [7, 11) is 0. The molecule has 29 heavy (non-hydrogen) atoms. The van der Waals surface area contributed by atoms with Crippen molar-refractivity contribution in [3.8, 4) is 0 Å². The molecule has 5 heteroatoms. The largest absolute Gasteiger partial charge is 0.463 e. The Hall–Kier alpha value is -3.34. The first-order valence-electron chi connectivity index (χ1n) is 9.76. The molecule has 0 fully saturated rings. The number of carbonyl (C=O) groups excluding carboxylic acids is 2. The summed E-state index contributed by atoms with van der Waals surface area (Å²) in [5.41, 5.74) is 2.73. The van der Waals surface area contributed by atoms with Gasteiger partial charge in [0.2, 0.25) is 0 Å². The van der Waals surface area contributed by atoms with E-state index in [1.807, 2.05) is 65.6 Å². The van der Waals surface area contributed by atoms with E-state index in [2.05, 4.69) is 0 Å². The lowest BCUT2D eigenvalue weighted by molar-refractivity contribution is -0.139. The Labute approximate surface area is 171 Å². The predicted molar refractivity (Wildman–Crippen MR) is 111 cm³/mol. The SMILES string of the molecule is CCOC(=O)C1=CN(Cc2ccccc2)C=C(C(=O)OCC)C1c1ccccc1. The summed E-state index contributed by atoms with van der Waals surface area (Å²) in [5, 5.41) is 0. The van der Waals surface area contributed by atoms with Crippen molar-refractivity contribution in [2.45, 2.75) is 26.3 Å². The fourth-order valence-corrected chi connectivity index (χ4v) is 3.37. The lowest BCUT2D eigenvalue weighted by atomic mass is 9.83. The Kier molecular flexibility index (Phi) is 6.85. The second-order valence-corrected chi connectivity index (χ2v) is 6.61. The van der Waals surface area contributed by atoms with Gasteiger partial charge in [-0.2, -0.15) is 0 Å². The zero-order valence-corrected chi connectivity index (χ0v) is 16.7. The molecule has 2 aromatic carbocycles. The van der Waals surface area contributed by atoms with Crippen molar-refractivity contribution in [1.82, 2.24) is 4.90 Å². The molecule has 0 N–H and O–H groups in total. The minimum Gasteiger partial charge on any atom is -0.463 e. The van der Waals surface area contributed by atoms with Crippen LogP contribution in [0.4, 0.5) is 0 Å². The van der Waals surface area contributed by atoms with Crippen LogP contribution in [0.25, 0.3) is 0 Å². The number of nitrogens with zero attached hydrogens (tertiary/aromatic N) is 1. The van der Waals surface area contributed by atoms with Gasteiger partial charge in [0.15, 0.2) is 0 Å². The first-order chi connectivity index (χ1) is 14.1. The van der Waals surface area contributed by atoms with Crippen LogP contribution in [0.1, 0.15) is 30.9 Å². The van der Waals surface area contributed by atoms with Gasteiger partial charge in [-0.3, -0.25) is 0 Å². The quantitative estimate of drug-likeness (QED) is 0.663. The van der Waals surface area contributed by atoms with Gasteiger partial charge in [0.1, 0.15) is 0 Å². The van der Waals surface area contributed by atoms with E-state index >= 15 is 0 Å². The van der Waals surface area contributed by atoms with Gasteiger partial charge in [-0.15, -0.1) is 0 Å². The van der Waals surface area contributed by atoms with Crippen LogP contribution in [0.2, 0.25) is 0 Å². The summed E-state index contributed by atoms with van der Waals surface area (Å²) in [6.07, 6.45) is 3.54. The van der Waals surface area contributed by atoms with E-state index in [9.17, 15) is 9.59 Å². The van der Waals surface area contributed by atoms with Crippen LogP contribution >= 0.6 is 0 Å². The number of hydrogen-bond acceptors (Lipinski definition) is 5. The van der Waals surface area contributed by atoms with Gasteiger partial charge in [-0.1, -0.05) is 60.7 Å². The van der Waals surface area contributed by atoms with Crippen molar-refractivity contribution in [3.63, 3.8) is 0 Å². The van der Waals surface area contributed by atoms with Crippen LogP contribution in [-0.4, -0.2) is 30.1 Å². The monoisotopic (exact) mass is 391 g/mol. The topological polar surface area (TPSA) is 55.8 Å². The van der Waals surface area contributed by atoms with Crippen molar-refractivity contribution in [2.75, 3.05) is 13.2 Å². The fourth-order valence-electron chi connectivity index (χ4n) is 3.37. The molecule has 5 nitrogen and oxygen atoms in total. The van der Waals surface area contributed by atoms with Crippen LogP contribution in [0.15, 0.2) is 84.2 Å². The molecule has 0 amide bonds. The van der Waals surface area contributed by atoms with Crippen LogP contribution in [0, 0.1) is 0 Å². The lowest BCUT2D eigenvalue weighted by Crippen LogP contribution is -2.29. The molecule has 1 aliphatic rings. The Bertz CT molecular complexity index is 867. The number of carbonyl (C=O) groups is 2. The highest BCUT2D eigenvalue weighted by molar-refractivity contribution is 5.98. The van der Waals surface area contributed by atoms with Crippen molar-refractivity contribution in [2.24, 2.45) is 0 Å². The molecule has 0 atom stereocenters. The van der Waals surface area contributed by atoms with Crippen LogP contribution in [0.5, 0.6) is 0 Å². The molecule has 150 valence electrons. The lowest BCUT2D eigenvalue weighted by Gasteiger charge is -2.30. The molecule has 0 aliphatic carbocycles. The van der Waals surface area contributed by atoms with Gasteiger partial charge in [0.05, 0.1) is 30.3 Å². The number of esters is 2. The van der Waals surface area contributed by atoms with Crippen LogP contribution < -0.4 is 0 Å². The third kappa shape index (κ3) is 4.93. The van der Waals surface area contributed by atoms with E-state index in [1.54, 1.807) is 26.2 Å². The van der Waals surface area contributed by atoms with Crippen molar-refractivity contribution >= 4 is 11.9 Å². The van der Waals surface area contributed by atoms with E-state index in [4.69, 9.17) is 9.47 Å². The molecule has 1 aliphatic heterocycles. The number of hydrogen-bond donors (Lipinski definition) is 0. The van der Waals surface area contributed by atoms with Crippen molar-refractivity contribution < 1.29 is 19.1 Å². The van der Waals surface area contributed by atoms with Gasteiger partial charge in [0.25, 0.3) is 0 Å². The maximum Gasteiger partial charge on any atom is 0.336 e. The molecule has 0 saturated carbocycles. The summed E-state index contributed by atoms with van der Waals surface area (Å²) in [6.45, 7) is 4.57. The summed E-state index contributed by atoms with van der Waals surface area (Å²) in [4.78, 5) is 27.5. The molecular weight excluding hydrogens is 366 g/mol. The third-order valence-corrected chi connectivity index (χ3v) is 4.59. The molecule has 0 radical (unpaired) electrons. The Morgan fingerprint density at radius 3 is 1.76 bits per heavy atom. The number of benzene rings is 2. The summed E-state index contributed by atoms with van der Waals surface area (Å²) < 4.78 is 10.6. The Balaban J connectivity index is 2.06. The Morgan fingerprint density at radius 1 is 0.793 bits per heavy atom. The summed E-state index contributed by atoms with van der Waals surface area (Å²) >= 11 is 0. The average molecular weight is 391 g/mol. The highest BCUT2D eigenvalue weighted by Gasteiger charge is 2.35. The van der Waals surface area contributed by atoms with Crippen molar-refractivity contribution in [1.29, 1.82) is 0 Å². The van der Waals surface area contributed by atoms with E-state index in [0.717, 1.165) is 11.1 Å². The molecule has 0 saturated heterocycles. The molecule has 3 rings (SSSR count). The van der Waals surface area contributed by atoms with Gasteiger partial charge in [-0.05, 0) is 25.0 Å².